The smallest absolute Gasteiger partial charge is 0.336 e. The first-order valence-corrected chi connectivity index (χ1v) is 8.00. The van der Waals surface area contributed by atoms with Gasteiger partial charge in [-0.3, -0.25) is 0 Å². The molecule has 0 aliphatic rings. The highest BCUT2D eigenvalue weighted by atomic mass is 16.7. The van der Waals surface area contributed by atoms with Crippen molar-refractivity contribution in [3.8, 4) is 0 Å². The van der Waals surface area contributed by atoms with Crippen LogP contribution in [0.2, 0.25) is 0 Å². The molecule has 4 nitrogen and oxygen atoms in total. The van der Waals surface area contributed by atoms with Gasteiger partial charge in [-0.05, 0) is 34.6 Å². The molecular formula is C20H20N2O2. The van der Waals surface area contributed by atoms with Crippen LogP contribution in [0.4, 0.5) is 0 Å². The van der Waals surface area contributed by atoms with Crippen LogP contribution in [0, 0.1) is 0 Å². The summed E-state index contributed by atoms with van der Waals surface area (Å²) in [5.74, 6) is 0.0941. The molecule has 3 rings (SSSR count). The molecule has 0 amide bonds. The van der Waals surface area contributed by atoms with Crippen LogP contribution in [0.3, 0.4) is 0 Å². The molecule has 0 saturated heterocycles. The van der Waals surface area contributed by atoms with Crippen molar-refractivity contribution in [1.29, 1.82) is 0 Å². The monoisotopic (exact) mass is 320 g/mol. The van der Waals surface area contributed by atoms with Crippen LogP contribution in [0.15, 0.2) is 65.9 Å². The van der Waals surface area contributed by atoms with E-state index in [1.807, 2.05) is 53.2 Å². The number of carbonyl (C=O) groups is 1. The lowest BCUT2D eigenvalue weighted by Gasteiger charge is -2.04. The number of oxime groups is 1. The number of fused-ring (bicyclic) bond motifs is 1. The molecule has 0 N–H and O–H groups in total. The maximum absolute atomic E-state index is 11.9. The van der Waals surface area contributed by atoms with E-state index in [1.54, 1.807) is 6.21 Å². The van der Waals surface area contributed by atoms with Gasteiger partial charge in [-0.1, -0.05) is 61.5 Å². The van der Waals surface area contributed by atoms with Crippen LogP contribution in [-0.4, -0.2) is 16.8 Å². The van der Waals surface area contributed by atoms with E-state index in [4.69, 9.17) is 4.84 Å². The van der Waals surface area contributed by atoms with Gasteiger partial charge >= 0.3 is 5.97 Å². The summed E-state index contributed by atoms with van der Waals surface area (Å²) in [6, 6.07) is 17.9. The van der Waals surface area contributed by atoms with Gasteiger partial charge in [0.2, 0.25) is 0 Å². The van der Waals surface area contributed by atoms with Crippen LogP contribution >= 0.6 is 0 Å². The fourth-order valence-electron chi connectivity index (χ4n) is 2.56. The molecule has 0 fully saturated rings. The van der Waals surface area contributed by atoms with Gasteiger partial charge in [0.15, 0.2) is 0 Å². The van der Waals surface area contributed by atoms with Crippen LogP contribution < -0.4 is 0 Å². The summed E-state index contributed by atoms with van der Waals surface area (Å²) in [4.78, 5) is 16.9. The molecule has 0 aliphatic carbocycles. The standard InChI is InChI=1S/C20H20N2O2/c1-15(2)17-9-7-16(8-10-17)13-21-24-20(23)14-22-12-11-18-5-3-4-6-19(18)22/h3-13,15H,14H2,1-2H3. The SMILES string of the molecule is CC(C)c1ccc(C=NOC(=O)Cn2ccc3ccccc32)cc1. The summed E-state index contributed by atoms with van der Waals surface area (Å²) < 4.78 is 1.85. The van der Waals surface area contributed by atoms with Gasteiger partial charge in [-0.2, -0.15) is 0 Å². The van der Waals surface area contributed by atoms with E-state index in [0.717, 1.165) is 16.5 Å². The minimum Gasteiger partial charge on any atom is -0.336 e. The second-order valence-corrected chi connectivity index (χ2v) is 6.02. The molecule has 1 aromatic heterocycles. The first kappa shape index (κ1) is 16.0. The van der Waals surface area contributed by atoms with Crippen molar-refractivity contribution in [2.75, 3.05) is 0 Å². The average Bonchev–Trinajstić information content (AvgIpc) is 2.98. The van der Waals surface area contributed by atoms with Gasteiger partial charge in [0.05, 0.1) is 6.21 Å². The predicted octanol–water partition coefficient (Wildman–Crippen LogP) is 4.34. The molecule has 0 radical (unpaired) electrons. The Morgan fingerprint density at radius 1 is 1.12 bits per heavy atom. The predicted molar refractivity (Wildman–Crippen MR) is 96.2 cm³/mol. The third kappa shape index (κ3) is 3.71. The lowest BCUT2D eigenvalue weighted by Crippen LogP contribution is -2.10. The summed E-state index contributed by atoms with van der Waals surface area (Å²) in [6.45, 7) is 4.43. The van der Waals surface area contributed by atoms with E-state index in [9.17, 15) is 4.79 Å². The Kier molecular flexibility index (Phi) is 4.75. The number of benzene rings is 2. The minimum atomic E-state index is -0.397. The Morgan fingerprint density at radius 3 is 2.62 bits per heavy atom. The van der Waals surface area contributed by atoms with Crippen molar-refractivity contribution >= 4 is 23.1 Å². The summed E-state index contributed by atoms with van der Waals surface area (Å²) in [5, 5.41) is 4.89. The van der Waals surface area contributed by atoms with Crippen molar-refractivity contribution in [2.24, 2.45) is 5.16 Å². The highest BCUT2D eigenvalue weighted by molar-refractivity contribution is 5.82. The molecule has 122 valence electrons. The van der Waals surface area contributed by atoms with Crippen LogP contribution in [0.5, 0.6) is 0 Å². The Bertz CT molecular complexity index is 861. The third-order valence-electron chi connectivity index (χ3n) is 3.94. The second kappa shape index (κ2) is 7.13. The maximum atomic E-state index is 11.9. The first-order valence-electron chi connectivity index (χ1n) is 8.00. The lowest BCUT2D eigenvalue weighted by molar-refractivity contribution is -0.144. The molecule has 0 bridgehead atoms. The molecule has 0 unspecified atom stereocenters. The second-order valence-electron chi connectivity index (χ2n) is 6.02. The van der Waals surface area contributed by atoms with Gasteiger partial charge in [0.25, 0.3) is 0 Å². The highest BCUT2D eigenvalue weighted by Crippen LogP contribution is 2.15. The van der Waals surface area contributed by atoms with E-state index in [2.05, 4.69) is 31.1 Å². The number of rotatable bonds is 5. The Hall–Kier alpha value is -2.88. The zero-order chi connectivity index (χ0) is 16.9. The summed E-state index contributed by atoms with van der Waals surface area (Å²) in [5.41, 5.74) is 3.17. The number of aromatic nitrogens is 1. The molecule has 0 atom stereocenters. The quantitative estimate of drug-likeness (QED) is 0.399. The van der Waals surface area contributed by atoms with Crippen molar-refractivity contribution in [1.82, 2.24) is 4.57 Å². The number of nitrogens with zero attached hydrogens (tertiary/aromatic N) is 2. The van der Waals surface area contributed by atoms with E-state index in [0.29, 0.717) is 5.92 Å². The summed E-state index contributed by atoms with van der Waals surface area (Å²) in [7, 11) is 0. The highest BCUT2D eigenvalue weighted by Gasteiger charge is 2.06. The lowest BCUT2D eigenvalue weighted by atomic mass is 10.0. The maximum Gasteiger partial charge on any atom is 0.354 e. The molecule has 24 heavy (non-hydrogen) atoms. The Labute approximate surface area is 141 Å². The van der Waals surface area contributed by atoms with Crippen LogP contribution in [0.1, 0.15) is 30.9 Å². The zero-order valence-electron chi connectivity index (χ0n) is 13.8. The summed E-state index contributed by atoms with van der Waals surface area (Å²) in [6.07, 6.45) is 3.43. The largest absolute Gasteiger partial charge is 0.354 e. The first-order chi connectivity index (χ1) is 11.6. The van der Waals surface area contributed by atoms with Crippen LogP contribution in [0.25, 0.3) is 10.9 Å². The number of carbonyl (C=O) groups excluding carboxylic acids is 1. The molecular weight excluding hydrogens is 300 g/mol. The van der Waals surface area contributed by atoms with Crippen molar-refractivity contribution in [2.45, 2.75) is 26.3 Å². The van der Waals surface area contributed by atoms with Crippen LogP contribution in [-0.2, 0) is 16.2 Å². The molecule has 4 heteroatoms. The van der Waals surface area contributed by atoms with Gasteiger partial charge in [0, 0.05) is 11.7 Å². The fraction of sp³-hybridized carbons (Fsp3) is 0.200. The molecule has 2 aromatic carbocycles. The van der Waals surface area contributed by atoms with Gasteiger partial charge < -0.3 is 9.40 Å². The minimum absolute atomic E-state index is 0.136. The van der Waals surface area contributed by atoms with Gasteiger partial charge in [-0.15, -0.1) is 0 Å². The number of para-hydroxylation sites is 1. The average molecular weight is 320 g/mol. The number of hydrogen-bond acceptors (Lipinski definition) is 3. The van der Waals surface area contributed by atoms with Gasteiger partial charge in [-0.25, -0.2) is 4.79 Å². The molecule has 0 saturated carbocycles. The van der Waals surface area contributed by atoms with E-state index >= 15 is 0 Å². The Morgan fingerprint density at radius 2 is 1.88 bits per heavy atom. The fourth-order valence-corrected chi connectivity index (χ4v) is 2.56. The normalized spacial score (nSPS) is 11.5. The van der Waals surface area contributed by atoms with E-state index in [1.165, 1.54) is 5.56 Å². The zero-order valence-corrected chi connectivity index (χ0v) is 13.8. The molecule has 0 aliphatic heterocycles. The van der Waals surface area contributed by atoms with E-state index in [-0.39, 0.29) is 6.54 Å². The Balaban J connectivity index is 1.59. The topological polar surface area (TPSA) is 43.6 Å². The molecule has 3 aromatic rings. The van der Waals surface area contributed by atoms with Crippen molar-refractivity contribution in [3.05, 3.63) is 71.9 Å². The van der Waals surface area contributed by atoms with Gasteiger partial charge in [0.1, 0.15) is 6.54 Å². The number of hydrogen-bond donors (Lipinski definition) is 0. The summed E-state index contributed by atoms with van der Waals surface area (Å²) >= 11 is 0. The molecule has 0 spiro atoms. The van der Waals surface area contributed by atoms with E-state index < -0.39 is 5.97 Å². The van der Waals surface area contributed by atoms with Crippen molar-refractivity contribution in [3.63, 3.8) is 0 Å². The van der Waals surface area contributed by atoms with Crippen molar-refractivity contribution < 1.29 is 9.63 Å². The molecule has 1 heterocycles. The third-order valence-corrected chi connectivity index (χ3v) is 3.94.